The molecular formula is C17H19N3O4. The standard InChI is InChI=1S/C17H19N3O4/c21-15(19-13-2-3-14-12(10-13)4-9-23-14)20-7-1-5-17(6-8-20)11-18-16(22)24-17/h2-4,9-10H,1,5-8,11H2,(H,18,22)(H,19,21)/t17-/m0/s1. The number of nitrogens with one attached hydrogen (secondary N) is 2. The molecule has 2 saturated heterocycles. The first kappa shape index (κ1) is 14.9. The number of nitrogens with zero attached hydrogens (tertiary/aromatic N) is 1. The molecule has 2 N–H and O–H groups in total. The molecule has 0 aliphatic carbocycles. The highest BCUT2D eigenvalue weighted by molar-refractivity contribution is 5.92. The van der Waals surface area contributed by atoms with Gasteiger partial charge in [0, 0.05) is 30.6 Å². The van der Waals surface area contributed by atoms with Gasteiger partial charge >= 0.3 is 12.1 Å². The van der Waals surface area contributed by atoms with Crippen molar-refractivity contribution in [3.05, 3.63) is 30.5 Å². The number of carbonyl (C=O) groups excluding carboxylic acids is 2. The van der Waals surface area contributed by atoms with E-state index in [2.05, 4.69) is 10.6 Å². The van der Waals surface area contributed by atoms with Crippen molar-refractivity contribution in [2.45, 2.75) is 24.9 Å². The topological polar surface area (TPSA) is 83.8 Å². The van der Waals surface area contributed by atoms with Gasteiger partial charge in [-0.2, -0.15) is 0 Å². The van der Waals surface area contributed by atoms with Crippen LogP contribution in [0.1, 0.15) is 19.3 Å². The minimum atomic E-state index is -0.457. The molecular weight excluding hydrogens is 310 g/mol. The number of urea groups is 1. The Morgan fingerprint density at radius 3 is 3.00 bits per heavy atom. The van der Waals surface area contributed by atoms with Crippen LogP contribution in [-0.2, 0) is 4.74 Å². The quantitative estimate of drug-likeness (QED) is 0.842. The van der Waals surface area contributed by atoms with E-state index >= 15 is 0 Å². The van der Waals surface area contributed by atoms with Crippen molar-refractivity contribution in [2.24, 2.45) is 0 Å². The van der Waals surface area contributed by atoms with Gasteiger partial charge in [0.05, 0.1) is 12.8 Å². The van der Waals surface area contributed by atoms with Crippen molar-refractivity contribution >= 4 is 28.8 Å². The second-order valence-electron chi connectivity index (χ2n) is 6.37. The molecule has 0 unspecified atom stereocenters. The van der Waals surface area contributed by atoms with Gasteiger partial charge in [0.1, 0.15) is 11.2 Å². The molecule has 2 fully saturated rings. The fraction of sp³-hybridized carbons (Fsp3) is 0.412. The Morgan fingerprint density at radius 1 is 1.25 bits per heavy atom. The van der Waals surface area contributed by atoms with Crippen molar-refractivity contribution in [1.82, 2.24) is 10.2 Å². The zero-order valence-electron chi connectivity index (χ0n) is 13.2. The summed E-state index contributed by atoms with van der Waals surface area (Å²) in [6.07, 6.45) is 3.50. The average Bonchev–Trinajstić information content (AvgIpc) is 3.10. The number of fused-ring (bicyclic) bond motifs is 1. The van der Waals surface area contributed by atoms with E-state index < -0.39 is 5.60 Å². The van der Waals surface area contributed by atoms with E-state index in [1.165, 1.54) is 0 Å². The zero-order chi connectivity index (χ0) is 16.6. The molecule has 0 saturated carbocycles. The Balaban J connectivity index is 1.41. The summed E-state index contributed by atoms with van der Waals surface area (Å²) in [6.45, 7) is 1.74. The third kappa shape index (κ3) is 2.77. The number of benzene rings is 1. The number of amides is 3. The maximum Gasteiger partial charge on any atom is 0.407 e. The predicted molar refractivity (Wildman–Crippen MR) is 87.9 cm³/mol. The van der Waals surface area contributed by atoms with Crippen LogP contribution in [0.3, 0.4) is 0 Å². The van der Waals surface area contributed by atoms with E-state index in [4.69, 9.17) is 9.15 Å². The van der Waals surface area contributed by atoms with Crippen LogP contribution < -0.4 is 10.6 Å². The average molecular weight is 329 g/mol. The first-order chi connectivity index (χ1) is 11.6. The Bertz CT molecular complexity index is 787. The van der Waals surface area contributed by atoms with Crippen LogP contribution in [-0.4, -0.2) is 42.3 Å². The molecule has 1 spiro atoms. The highest BCUT2D eigenvalue weighted by atomic mass is 16.6. The number of anilines is 1. The first-order valence-electron chi connectivity index (χ1n) is 8.14. The SMILES string of the molecule is O=C1NC[C@@]2(CCCN(C(=O)Nc3ccc4occc4c3)CC2)O1. The van der Waals surface area contributed by atoms with Gasteiger partial charge < -0.3 is 24.7 Å². The van der Waals surface area contributed by atoms with Gasteiger partial charge in [-0.15, -0.1) is 0 Å². The van der Waals surface area contributed by atoms with E-state index in [-0.39, 0.29) is 12.1 Å². The van der Waals surface area contributed by atoms with Crippen LogP contribution >= 0.6 is 0 Å². The molecule has 3 amide bonds. The van der Waals surface area contributed by atoms with Gasteiger partial charge in [-0.25, -0.2) is 9.59 Å². The monoisotopic (exact) mass is 329 g/mol. The Labute approximate surface area is 138 Å². The van der Waals surface area contributed by atoms with E-state index in [0.29, 0.717) is 26.1 Å². The molecule has 1 aromatic heterocycles. The highest BCUT2D eigenvalue weighted by Crippen LogP contribution is 2.29. The zero-order valence-corrected chi connectivity index (χ0v) is 13.2. The number of likely N-dealkylation sites (tertiary alicyclic amines) is 1. The summed E-state index contributed by atoms with van der Waals surface area (Å²) in [5.41, 5.74) is 1.07. The number of alkyl carbamates (subject to hydrolysis) is 1. The number of hydrogen-bond donors (Lipinski definition) is 2. The van der Waals surface area contributed by atoms with Gasteiger partial charge in [0.25, 0.3) is 0 Å². The molecule has 2 aliphatic heterocycles. The van der Waals surface area contributed by atoms with Gasteiger partial charge in [0.15, 0.2) is 0 Å². The summed E-state index contributed by atoms with van der Waals surface area (Å²) in [6, 6.07) is 7.28. The second kappa shape index (κ2) is 5.74. The minimum Gasteiger partial charge on any atom is -0.464 e. The Morgan fingerprint density at radius 2 is 2.17 bits per heavy atom. The van der Waals surface area contributed by atoms with Crippen molar-refractivity contribution in [2.75, 3.05) is 25.0 Å². The van der Waals surface area contributed by atoms with Gasteiger partial charge in [-0.3, -0.25) is 0 Å². The lowest BCUT2D eigenvalue weighted by Gasteiger charge is -2.25. The summed E-state index contributed by atoms with van der Waals surface area (Å²) >= 11 is 0. The van der Waals surface area contributed by atoms with Crippen molar-refractivity contribution in [1.29, 1.82) is 0 Å². The summed E-state index contributed by atoms with van der Waals surface area (Å²) in [4.78, 5) is 25.6. The molecule has 24 heavy (non-hydrogen) atoms. The van der Waals surface area contributed by atoms with Crippen LogP contribution in [0.2, 0.25) is 0 Å². The van der Waals surface area contributed by atoms with Crippen LogP contribution in [0.25, 0.3) is 11.0 Å². The Kier molecular flexibility index (Phi) is 3.55. The third-order valence-corrected chi connectivity index (χ3v) is 4.75. The van der Waals surface area contributed by atoms with E-state index in [1.807, 2.05) is 24.3 Å². The maximum atomic E-state index is 12.5. The van der Waals surface area contributed by atoms with Crippen LogP contribution in [0.5, 0.6) is 0 Å². The van der Waals surface area contributed by atoms with Gasteiger partial charge in [-0.05, 0) is 37.1 Å². The molecule has 7 heteroatoms. The maximum absolute atomic E-state index is 12.5. The van der Waals surface area contributed by atoms with Crippen molar-refractivity contribution in [3.8, 4) is 0 Å². The van der Waals surface area contributed by atoms with Crippen molar-refractivity contribution < 1.29 is 18.7 Å². The lowest BCUT2D eigenvalue weighted by Crippen LogP contribution is -2.38. The molecule has 1 atom stereocenters. The number of carbonyl (C=O) groups is 2. The van der Waals surface area contributed by atoms with Crippen molar-refractivity contribution in [3.63, 3.8) is 0 Å². The lowest BCUT2D eigenvalue weighted by molar-refractivity contribution is 0.0454. The van der Waals surface area contributed by atoms with Crippen LogP contribution in [0.15, 0.2) is 34.9 Å². The van der Waals surface area contributed by atoms with E-state index in [9.17, 15) is 9.59 Å². The second-order valence-corrected chi connectivity index (χ2v) is 6.37. The smallest absolute Gasteiger partial charge is 0.407 e. The molecule has 3 heterocycles. The summed E-state index contributed by atoms with van der Waals surface area (Å²) < 4.78 is 10.7. The van der Waals surface area contributed by atoms with E-state index in [1.54, 1.807) is 11.2 Å². The minimum absolute atomic E-state index is 0.132. The fourth-order valence-electron chi connectivity index (χ4n) is 3.40. The van der Waals surface area contributed by atoms with Gasteiger partial charge in [-0.1, -0.05) is 0 Å². The predicted octanol–water partition coefficient (Wildman–Crippen LogP) is 2.93. The number of furan rings is 1. The molecule has 126 valence electrons. The summed E-state index contributed by atoms with van der Waals surface area (Å²) in [5, 5.41) is 6.60. The normalized spacial score (nSPS) is 23.8. The van der Waals surface area contributed by atoms with Crippen LogP contribution in [0, 0.1) is 0 Å². The number of hydrogen-bond acceptors (Lipinski definition) is 4. The molecule has 7 nitrogen and oxygen atoms in total. The largest absolute Gasteiger partial charge is 0.464 e. The molecule has 2 aromatic rings. The summed E-state index contributed by atoms with van der Waals surface area (Å²) in [7, 11) is 0. The van der Waals surface area contributed by atoms with E-state index in [0.717, 1.165) is 29.5 Å². The fourth-order valence-corrected chi connectivity index (χ4v) is 3.40. The lowest BCUT2D eigenvalue weighted by atomic mass is 9.95. The molecule has 2 aliphatic rings. The molecule has 0 bridgehead atoms. The first-order valence-corrected chi connectivity index (χ1v) is 8.14. The number of rotatable bonds is 1. The molecule has 1 aromatic carbocycles. The number of ether oxygens (including phenoxy) is 1. The Hall–Kier alpha value is -2.70. The third-order valence-electron chi connectivity index (χ3n) is 4.75. The van der Waals surface area contributed by atoms with Gasteiger partial charge in [0.2, 0.25) is 0 Å². The molecule has 4 rings (SSSR count). The highest BCUT2D eigenvalue weighted by Gasteiger charge is 2.41. The van der Waals surface area contributed by atoms with Crippen LogP contribution in [0.4, 0.5) is 15.3 Å². The summed E-state index contributed by atoms with van der Waals surface area (Å²) in [5.74, 6) is 0. The molecule has 0 radical (unpaired) electrons.